The lowest BCUT2D eigenvalue weighted by Gasteiger charge is -2.18. The van der Waals surface area contributed by atoms with Crippen LogP contribution in [0.3, 0.4) is 0 Å². The predicted octanol–water partition coefficient (Wildman–Crippen LogP) is 2.14. The van der Waals surface area contributed by atoms with Crippen molar-refractivity contribution >= 4 is 29.5 Å². The number of thioether (sulfide) groups is 1. The van der Waals surface area contributed by atoms with Crippen molar-refractivity contribution in [3.63, 3.8) is 0 Å². The third kappa shape index (κ3) is 6.10. The van der Waals surface area contributed by atoms with E-state index in [4.69, 9.17) is 0 Å². The summed E-state index contributed by atoms with van der Waals surface area (Å²) in [5.41, 5.74) is 4.66. The lowest BCUT2D eigenvalue weighted by atomic mass is 10.1. The molecule has 0 bridgehead atoms. The molecule has 3 N–H and O–H groups in total. The second-order valence-electron chi connectivity index (χ2n) is 5.60. The molecule has 0 fully saturated rings. The molecule has 2 aromatic rings. The van der Waals surface area contributed by atoms with E-state index >= 15 is 0 Å². The number of hydrogen-bond donors (Lipinski definition) is 3. The molecule has 142 valence electrons. The molecule has 0 radical (unpaired) electrons. The smallest absolute Gasteiger partial charge is 0.272 e. The highest BCUT2D eigenvalue weighted by molar-refractivity contribution is 7.98. The van der Waals surface area contributed by atoms with Crippen LogP contribution in [0.25, 0.3) is 0 Å². The monoisotopic (exact) mass is 389 g/mol. The largest absolute Gasteiger partial charge is 0.340 e. The predicted molar refractivity (Wildman–Crippen MR) is 103 cm³/mol. The van der Waals surface area contributed by atoms with Crippen LogP contribution in [0.2, 0.25) is 0 Å². The topological polar surface area (TPSA) is 87.3 Å². The van der Waals surface area contributed by atoms with E-state index in [2.05, 4.69) is 16.2 Å². The minimum Gasteiger partial charge on any atom is -0.340 e. The Morgan fingerprint density at radius 2 is 1.63 bits per heavy atom. The van der Waals surface area contributed by atoms with E-state index in [1.165, 1.54) is 30.0 Å². The van der Waals surface area contributed by atoms with Crippen LogP contribution in [0.4, 0.5) is 4.39 Å². The Hall–Kier alpha value is -2.87. The van der Waals surface area contributed by atoms with Gasteiger partial charge in [0.1, 0.15) is 11.9 Å². The summed E-state index contributed by atoms with van der Waals surface area (Å²) in [6.07, 6.45) is 2.26. The average Bonchev–Trinajstić information content (AvgIpc) is 2.69. The van der Waals surface area contributed by atoms with E-state index in [1.807, 2.05) is 6.26 Å². The first-order chi connectivity index (χ1) is 13.0. The van der Waals surface area contributed by atoms with Gasteiger partial charge in [0.25, 0.3) is 17.7 Å². The number of amides is 3. The standard InChI is InChI=1S/C19H20FN3O3S/c1-27-12-11-16(21-17(24)13-7-3-2-4-8-13)19(26)23-22-18(25)14-9-5-6-10-15(14)20/h2-10,16H,11-12H2,1H3,(H,21,24)(H,22,25)(H,23,26)/t16-/m0/s1. The zero-order chi connectivity index (χ0) is 19.6. The molecule has 0 aromatic heterocycles. The summed E-state index contributed by atoms with van der Waals surface area (Å²) in [6.45, 7) is 0. The fourth-order valence-corrected chi connectivity index (χ4v) is 2.73. The van der Waals surface area contributed by atoms with Gasteiger partial charge in [0, 0.05) is 5.56 Å². The van der Waals surface area contributed by atoms with E-state index < -0.39 is 29.6 Å². The molecule has 6 nitrogen and oxygen atoms in total. The van der Waals surface area contributed by atoms with Crippen LogP contribution in [-0.2, 0) is 4.79 Å². The summed E-state index contributed by atoms with van der Waals surface area (Å²) in [6, 6.07) is 13.1. The van der Waals surface area contributed by atoms with Gasteiger partial charge in [-0.25, -0.2) is 4.39 Å². The van der Waals surface area contributed by atoms with Crippen LogP contribution in [0, 0.1) is 5.82 Å². The summed E-state index contributed by atoms with van der Waals surface area (Å²) >= 11 is 1.53. The average molecular weight is 389 g/mol. The highest BCUT2D eigenvalue weighted by Gasteiger charge is 2.22. The highest BCUT2D eigenvalue weighted by Crippen LogP contribution is 2.06. The zero-order valence-electron chi connectivity index (χ0n) is 14.7. The Kier molecular flexibility index (Phi) is 7.81. The molecule has 1 atom stereocenters. The van der Waals surface area contributed by atoms with E-state index in [9.17, 15) is 18.8 Å². The molecule has 2 rings (SSSR count). The summed E-state index contributed by atoms with van der Waals surface area (Å²) in [5, 5.41) is 2.65. The number of benzene rings is 2. The molecule has 0 aliphatic carbocycles. The summed E-state index contributed by atoms with van der Waals surface area (Å²) in [5.74, 6) is -1.82. The minimum absolute atomic E-state index is 0.188. The van der Waals surface area contributed by atoms with Gasteiger partial charge in [0.05, 0.1) is 5.56 Å². The molecule has 0 saturated carbocycles. The Labute approximate surface area is 160 Å². The zero-order valence-corrected chi connectivity index (χ0v) is 15.5. The number of halogens is 1. The van der Waals surface area contributed by atoms with E-state index in [0.29, 0.717) is 17.7 Å². The number of hydrazine groups is 1. The van der Waals surface area contributed by atoms with Crippen LogP contribution in [0.1, 0.15) is 27.1 Å². The molecule has 0 aliphatic rings. The number of hydrogen-bond acceptors (Lipinski definition) is 4. The van der Waals surface area contributed by atoms with Crippen LogP contribution < -0.4 is 16.2 Å². The van der Waals surface area contributed by atoms with Crippen LogP contribution >= 0.6 is 11.8 Å². The van der Waals surface area contributed by atoms with Gasteiger partial charge in [0.15, 0.2) is 0 Å². The van der Waals surface area contributed by atoms with E-state index in [1.54, 1.807) is 30.3 Å². The number of nitrogens with one attached hydrogen (secondary N) is 3. The SMILES string of the molecule is CSCC[C@H](NC(=O)c1ccccc1)C(=O)NNC(=O)c1ccccc1F. The van der Waals surface area contributed by atoms with Gasteiger partial charge in [-0.05, 0) is 42.7 Å². The fourth-order valence-electron chi connectivity index (χ4n) is 2.25. The molecule has 0 unspecified atom stereocenters. The van der Waals surface area contributed by atoms with Crippen molar-refractivity contribution in [1.29, 1.82) is 0 Å². The van der Waals surface area contributed by atoms with Crippen molar-refractivity contribution < 1.29 is 18.8 Å². The Balaban J connectivity index is 1.98. The second kappa shape index (κ2) is 10.3. The van der Waals surface area contributed by atoms with Gasteiger partial charge in [-0.2, -0.15) is 11.8 Å². The van der Waals surface area contributed by atoms with Gasteiger partial charge in [-0.3, -0.25) is 25.2 Å². The molecule has 2 aromatic carbocycles. The Morgan fingerprint density at radius 3 is 2.30 bits per heavy atom. The Bertz CT molecular complexity index is 802. The second-order valence-corrected chi connectivity index (χ2v) is 6.58. The summed E-state index contributed by atoms with van der Waals surface area (Å²) < 4.78 is 13.6. The molecule has 3 amide bonds. The number of carbonyl (C=O) groups excluding carboxylic acids is 3. The van der Waals surface area contributed by atoms with Crippen molar-refractivity contribution in [2.24, 2.45) is 0 Å². The van der Waals surface area contributed by atoms with Gasteiger partial charge >= 0.3 is 0 Å². The number of rotatable bonds is 7. The maximum atomic E-state index is 13.6. The molecule has 27 heavy (non-hydrogen) atoms. The lowest BCUT2D eigenvalue weighted by Crippen LogP contribution is -2.52. The van der Waals surface area contributed by atoms with E-state index in [-0.39, 0.29) is 5.56 Å². The third-order valence-electron chi connectivity index (χ3n) is 3.69. The lowest BCUT2D eigenvalue weighted by molar-refractivity contribution is -0.123. The molecule has 0 saturated heterocycles. The van der Waals surface area contributed by atoms with Gasteiger partial charge in [-0.15, -0.1) is 0 Å². The number of carbonyl (C=O) groups is 3. The first-order valence-electron chi connectivity index (χ1n) is 8.22. The summed E-state index contributed by atoms with van der Waals surface area (Å²) in [4.78, 5) is 36.7. The molecule has 0 aliphatic heterocycles. The molecule has 0 heterocycles. The van der Waals surface area contributed by atoms with Crippen LogP contribution in [0.5, 0.6) is 0 Å². The maximum absolute atomic E-state index is 13.6. The minimum atomic E-state index is -0.842. The first-order valence-corrected chi connectivity index (χ1v) is 9.62. The van der Waals surface area contributed by atoms with Gasteiger partial charge in [0.2, 0.25) is 0 Å². The highest BCUT2D eigenvalue weighted by atomic mass is 32.2. The van der Waals surface area contributed by atoms with Crippen molar-refractivity contribution in [1.82, 2.24) is 16.2 Å². The van der Waals surface area contributed by atoms with E-state index in [0.717, 1.165) is 6.07 Å². The van der Waals surface area contributed by atoms with Gasteiger partial charge in [-0.1, -0.05) is 30.3 Å². The van der Waals surface area contributed by atoms with Crippen molar-refractivity contribution in [3.8, 4) is 0 Å². The maximum Gasteiger partial charge on any atom is 0.272 e. The van der Waals surface area contributed by atoms with Crippen molar-refractivity contribution in [2.75, 3.05) is 12.0 Å². The quantitative estimate of drug-likeness (QED) is 0.633. The molecular formula is C19H20FN3O3S. The fraction of sp³-hybridized carbons (Fsp3) is 0.211. The third-order valence-corrected chi connectivity index (χ3v) is 4.33. The molecule has 8 heteroatoms. The molecular weight excluding hydrogens is 369 g/mol. The van der Waals surface area contributed by atoms with Crippen molar-refractivity contribution in [3.05, 3.63) is 71.5 Å². The Morgan fingerprint density at radius 1 is 0.963 bits per heavy atom. The van der Waals surface area contributed by atoms with Crippen LogP contribution in [-0.4, -0.2) is 35.8 Å². The normalized spacial score (nSPS) is 11.3. The molecule has 0 spiro atoms. The first kappa shape index (κ1) is 20.4. The summed E-state index contributed by atoms with van der Waals surface area (Å²) in [7, 11) is 0. The van der Waals surface area contributed by atoms with Crippen LogP contribution in [0.15, 0.2) is 54.6 Å². The van der Waals surface area contributed by atoms with Gasteiger partial charge < -0.3 is 5.32 Å². The van der Waals surface area contributed by atoms with Crippen molar-refractivity contribution in [2.45, 2.75) is 12.5 Å².